The van der Waals surface area contributed by atoms with E-state index in [2.05, 4.69) is 10.3 Å². The van der Waals surface area contributed by atoms with Gasteiger partial charge in [0.15, 0.2) is 5.78 Å². The molecule has 1 aromatic carbocycles. The minimum absolute atomic E-state index is 0.119. The molecule has 0 radical (unpaired) electrons. The van der Waals surface area contributed by atoms with E-state index in [0.29, 0.717) is 6.07 Å². The van der Waals surface area contributed by atoms with Crippen LogP contribution < -0.4 is 5.32 Å². The summed E-state index contributed by atoms with van der Waals surface area (Å²) < 4.78 is 26.0. The quantitative estimate of drug-likeness (QED) is 0.837. The number of amides is 1. The number of nitrogens with one attached hydrogen (secondary N) is 2. The molecule has 0 fully saturated rings. The van der Waals surface area contributed by atoms with Gasteiger partial charge >= 0.3 is 0 Å². The second kappa shape index (κ2) is 5.01. The topological polar surface area (TPSA) is 62.0 Å². The molecule has 1 heterocycles. The number of halogens is 2. The van der Waals surface area contributed by atoms with E-state index < -0.39 is 17.5 Å². The number of ketones is 1. The molecular weight excluding hydrogens is 254 g/mol. The molecule has 0 saturated carbocycles. The van der Waals surface area contributed by atoms with E-state index in [4.69, 9.17) is 0 Å². The van der Waals surface area contributed by atoms with Gasteiger partial charge in [0.2, 0.25) is 0 Å². The van der Waals surface area contributed by atoms with Crippen molar-refractivity contribution in [2.45, 2.75) is 6.92 Å². The molecule has 0 aliphatic heterocycles. The summed E-state index contributed by atoms with van der Waals surface area (Å²) in [4.78, 5) is 25.4. The van der Waals surface area contributed by atoms with E-state index >= 15 is 0 Å². The van der Waals surface area contributed by atoms with E-state index in [1.165, 1.54) is 19.1 Å². The van der Waals surface area contributed by atoms with Gasteiger partial charge < -0.3 is 10.3 Å². The predicted molar refractivity (Wildman–Crippen MR) is 65.1 cm³/mol. The Bertz CT molecular complexity index is 650. The monoisotopic (exact) mass is 264 g/mol. The van der Waals surface area contributed by atoms with E-state index in [1.54, 1.807) is 0 Å². The lowest BCUT2D eigenvalue weighted by Gasteiger charge is -2.05. The number of H-pyrrole nitrogens is 1. The average molecular weight is 264 g/mol. The molecule has 0 atom stereocenters. The Morgan fingerprint density at radius 3 is 2.37 bits per heavy atom. The van der Waals surface area contributed by atoms with Crippen LogP contribution in [0.1, 0.15) is 27.9 Å². The number of benzene rings is 1. The molecule has 0 saturated heterocycles. The number of carbonyl (C=O) groups is 2. The fraction of sp³-hybridized carbons (Fsp3) is 0.0769. The minimum Gasteiger partial charge on any atom is -0.348 e. The standard InChI is InChI=1S/C13H10F2N2O2/c1-7(18)10-4-5-12(16-10)13(19)17-11-3-2-8(14)6-9(11)15/h2-6,16H,1H3,(H,17,19). The van der Waals surface area contributed by atoms with Crippen molar-refractivity contribution in [2.24, 2.45) is 0 Å². The zero-order valence-electron chi connectivity index (χ0n) is 9.96. The summed E-state index contributed by atoms with van der Waals surface area (Å²) >= 11 is 0. The van der Waals surface area contributed by atoms with Crippen LogP contribution >= 0.6 is 0 Å². The van der Waals surface area contributed by atoms with Gasteiger partial charge in [0.1, 0.15) is 17.3 Å². The molecule has 0 bridgehead atoms. The van der Waals surface area contributed by atoms with E-state index in [-0.39, 0.29) is 22.9 Å². The SMILES string of the molecule is CC(=O)c1ccc(C(=O)Nc2ccc(F)cc2F)[nH]1. The van der Waals surface area contributed by atoms with Crippen molar-refractivity contribution >= 4 is 17.4 Å². The van der Waals surface area contributed by atoms with E-state index in [0.717, 1.165) is 12.1 Å². The van der Waals surface area contributed by atoms with Crippen LogP contribution in [0.25, 0.3) is 0 Å². The van der Waals surface area contributed by atoms with Crippen LogP contribution in [-0.4, -0.2) is 16.7 Å². The lowest BCUT2D eigenvalue weighted by molar-refractivity contribution is 0.101. The molecule has 19 heavy (non-hydrogen) atoms. The van der Waals surface area contributed by atoms with Crippen LogP contribution in [0.5, 0.6) is 0 Å². The maximum atomic E-state index is 13.3. The summed E-state index contributed by atoms with van der Waals surface area (Å²) in [5.74, 6) is -2.43. The molecule has 1 amide bonds. The Balaban J connectivity index is 2.18. The van der Waals surface area contributed by atoms with Gasteiger partial charge in [-0.25, -0.2) is 8.78 Å². The van der Waals surface area contributed by atoms with E-state index in [1.807, 2.05) is 0 Å². The van der Waals surface area contributed by atoms with Crippen LogP contribution in [0.3, 0.4) is 0 Å². The smallest absolute Gasteiger partial charge is 0.272 e. The first kappa shape index (κ1) is 12.9. The van der Waals surface area contributed by atoms with Gasteiger partial charge in [0.25, 0.3) is 5.91 Å². The summed E-state index contributed by atoms with van der Waals surface area (Å²) in [5.41, 5.74) is 0.268. The molecule has 1 aromatic heterocycles. The molecule has 0 aliphatic carbocycles. The van der Waals surface area contributed by atoms with E-state index in [9.17, 15) is 18.4 Å². The maximum absolute atomic E-state index is 13.3. The van der Waals surface area contributed by atoms with Gasteiger partial charge in [0, 0.05) is 13.0 Å². The summed E-state index contributed by atoms with van der Waals surface area (Å²) in [7, 11) is 0. The lowest BCUT2D eigenvalue weighted by atomic mass is 10.3. The number of Topliss-reactive ketones (excluding diaryl/α,β-unsaturated/α-hetero) is 1. The highest BCUT2D eigenvalue weighted by atomic mass is 19.1. The summed E-state index contributed by atoms with van der Waals surface area (Å²) in [6.45, 7) is 1.35. The number of aromatic nitrogens is 1. The molecule has 0 unspecified atom stereocenters. The third kappa shape index (κ3) is 2.85. The summed E-state index contributed by atoms with van der Waals surface area (Å²) in [6, 6.07) is 5.70. The number of anilines is 1. The summed E-state index contributed by atoms with van der Waals surface area (Å²) in [5, 5.41) is 2.28. The largest absolute Gasteiger partial charge is 0.348 e. The second-order valence-electron chi connectivity index (χ2n) is 3.92. The van der Waals surface area contributed by atoms with Gasteiger partial charge in [-0.1, -0.05) is 0 Å². The fourth-order valence-corrected chi connectivity index (χ4v) is 1.51. The molecule has 4 nitrogen and oxygen atoms in total. The van der Waals surface area contributed by atoms with Gasteiger partial charge in [-0.15, -0.1) is 0 Å². The van der Waals surface area contributed by atoms with Gasteiger partial charge in [-0.3, -0.25) is 9.59 Å². The third-order valence-electron chi connectivity index (χ3n) is 2.49. The van der Waals surface area contributed by atoms with Crippen LogP contribution in [0.4, 0.5) is 14.5 Å². The normalized spacial score (nSPS) is 10.3. The molecular formula is C13H10F2N2O2. The Morgan fingerprint density at radius 1 is 1.11 bits per heavy atom. The molecule has 0 spiro atoms. The number of hydrogen-bond donors (Lipinski definition) is 2. The number of aromatic amines is 1. The highest BCUT2D eigenvalue weighted by molar-refractivity contribution is 6.04. The molecule has 2 rings (SSSR count). The zero-order chi connectivity index (χ0) is 14.0. The van der Waals surface area contributed by atoms with Crippen molar-refractivity contribution in [1.82, 2.24) is 4.98 Å². The Labute approximate surface area is 107 Å². The van der Waals surface area contributed by atoms with Gasteiger partial charge in [-0.2, -0.15) is 0 Å². The van der Waals surface area contributed by atoms with Crippen LogP contribution in [0.2, 0.25) is 0 Å². The van der Waals surface area contributed by atoms with Crippen molar-refractivity contribution in [3.8, 4) is 0 Å². The number of rotatable bonds is 3. The van der Waals surface area contributed by atoms with Crippen LogP contribution in [-0.2, 0) is 0 Å². The van der Waals surface area contributed by atoms with Crippen molar-refractivity contribution < 1.29 is 18.4 Å². The Kier molecular flexibility index (Phi) is 3.41. The van der Waals surface area contributed by atoms with Crippen LogP contribution in [0.15, 0.2) is 30.3 Å². The van der Waals surface area contributed by atoms with Crippen molar-refractivity contribution in [3.63, 3.8) is 0 Å². The maximum Gasteiger partial charge on any atom is 0.272 e. The molecule has 0 aliphatic rings. The highest BCUT2D eigenvalue weighted by Gasteiger charge is 2.12. The van der Waals surface area contributed by atoms with Gasteiger partial charge in [-0.05, 0) is 24.3 Å². The van der Waals surface area contributed by atoms with Crippen molar-refractivity contribution in [3.05, 3.63) is 53.4 Å². The number of hydrogen-bond acceptors (Lipinski definition) is 2. The highest BCUT2D eigenvalue weighted by Crippen LogP contribution is 2.16. The zero-order valence-corrected chi connectivity index (χ0v) is 9.96. The van der Waals surface area contributed by atoms with Gasteiger partial charge in [0.05, 0.1) is 11.4 Å². The first-order valence-electron chi connectivity index (χ1n) is 5.43. The van der Waals surface area contributed by atoms with Crippen molar-refractivity contribution in [1.29, 1.82) is 0 Å². The summed E-state index contributed by atoms with van der Waals surface area (Å²) in [6.07, 6.45) is 0. The molecule has 2 N–H and O–H groups in total. The first-order valence-corrected chi connectivity index (χ1v) is 5.43. The second-order valence-corrected chi connectivity index (χ2v) is 3.92. The fourth-order valence-electron chi connectivity index (χ4n) is 1.51. The minimum atomic E-state index is -0.869. The Morgan fingerprint density at radius 2 is 1.79 bits per heavy atom. The average Bonchev–Trinajstić information content (AvgIpc) is 2.82. The molecule has 2 aromatic rings. The molecule has 98 valence electrons. The molecule has 6 heteroatoms. The third-order valence-corrected chi connectivity index (χ3v) is 2.49. The van der Waals surface area contributed by atoms with Crippen LogP contribution in [0, 0.1) is 11.6 Å². The van der Waals surface area contributed by atoms with Crippen molar-refractivity contribution in [2.75, 3.05) is 5.32 Å². The predicted octanol–water partition coefficient (Wildman–Crippen LogP) is 2.75. The number of carbonyl (C=O) groups excluding carboxylic acids is 2. The Hall–Kier alpha value is -2.50. The lowest BCUT2D eigenvalue weighted by Crippen LogP contribution is -2.13. The first-order chi connectivity index (χ1) is 8.97.